The van der Waals surface area contributed by atoms with Crippen LogP contribution in [0.5, 0.6) is 0 Å². The molecule has 98 valence electrons. The first-order valence-corrected chi connectivity index (χ1v) is 7.06. The Balaban J connectivity index is 2.70. The summed E-state index contributed by atoms with van der Waals surface area (Å²) in [7, 11) is -1.51. The number of hydrogen-bond donors (Lipinski definition) is 2. The number of likely N-dealkylation sites (N-methyl/N-ethyl adjacent to an activating group) is 1. The summed E-state index contributed by atoms with van der Waals surface area (Å²) in [6.07, 6.45) is 0. The number of H-pyrrole nitrogens is 1. The van der Waals surface area contributed by atoms with Gasteiger partial charge in [0.1, 0.15) is 4.90 Å². The van der Waals surface area contributed by atoms with Crippen LogP contribution in [0.15, 0.2) is 4.90 Å². The fourth-order valence-corrected chi connectivity index (χ4v) is 2.93. The molecule has 1 rings (SSSR count). The van der Waals surface area contributed by atoms with E-state index in [1.807, 2.05) is 18.9 Å². The molecule has 0 saturated heterocycles. The molecular formula is C10H20N4O2S. The Morgan fingerprint density at radius 1 is 1.41 bits per heavy atom. The lowest BCUT2D eigenvalue weighted by molar-refractivity contribution is 0.358. The highest BCUT2D eigenvalue weighted by atomic mass is 32.2. The molecule has 0 unspecified atom stereocenters. The van der Waals surface area contributed by atoms with Crippen molar-refractivity contribution >= 4 is 10.0 Å². The van der Waals surface area contributed by atoms with Crippen LogP contribution in [0.3, 0.4) is 0 Å². The van der Waals surface area contributed by atoms with Crippen LogP contribution in [0.4, 0.5) is 0 Å². The third kappa shape index (κ3) is 3.52. The van der Waals surface area contributed by atoms with Gasteiger partial charge in [0.2, 0.25) is 10.0 Å². The average Bonchev–Trinajstić information content (AvgIpc) is 2.58. The quantitative estimate of drug-likeness (QED) is 0.769. The lowest BCUT2D eigenvalue weighted by atomic mass is 10.4. The Morgan fingerprint density at radius 2 is 2.06 bits per heavy atom. The molecule has 0 aliphatic heterocycles. The van der Waals surface area contributed by atoms with Gasteiger partial charge in [0.15, 0.2) is 0 Å². The highest BCUT2D eigenvalue weighted by molar-refractivity contribution is 7.89. The van der Waals surface area contributed by atoms with E-state index < -0.39 is 10.0 Å². The second-order valence-electron chi connectivity index (χ2n) is 4.06. The van der Waals surface area contributed by atoms with Crippen LogP contribution in [0.25, 0.3) is 0 Å². The molecule has 0 fully saturated rings. The first-order valence-electron chi connectivity index (χ1n) is 5.58. The molecule has 2 N–H and O–H groups in total. The highest BCUT2D eigenvalue weighted by Gasteiger charge is 2.21. The molecule has 0 spiro atoms. The van der Waals surface area contributed by atoms with E-state index >= 15 is 0 Å². The van der Waals surface area contributed by atoms with Gasteiger partial charge in [-0.1, -0.05) is 6.92 Å². The monoisotopic (exact) mass is 260 g/mol. The maximum absolute atomic E-state index is 12.0. The summed E-state index contributed by atoms with van der Waals surface area (Å²) >= 11 is 0. The molecule has 0 aliphatic rings. The molecule has 1 aromatic rings. The predicted octanol–water partition coefficient (Wildman–Crippen LogP) is 0.257. The number of aromatic amines is 1. The number of nitrogens with zero attached hydrogens (tertiary/aromatic N) is 2. The van der Waals surface area contributed by atoms with Gasteiger partial charge in [-0.15, -0.1) is 0 Å². The van der Waals surface area contributed by atoms with Crippen LogP contribution in [0.1, 0.15) is 18.3 Å². The van der Waals surface area contributed by atoms with E-state index in [-0.39, 0.29) is 4.90 Å². The molecule has 1 heterocycles. The van der Waals surface area contributed by atoms with Gasteiger partial charge >= 0.3 is 0 Å². The molecule has 0 aliphatic carbocycles. The topological polar surface area (TPSA) is 78.1 Å². The maximum atomic E-state index is 12.0. The molecule has 6 nitrogen and oxygen atoms in total. The number of rotatable bonds is 6. The van der Waals surface area contributed by atoms with Gasteiger partial charge in [-0.25, -0.2) is 13.1 Å². The van der Waals surface area contributed by atoms with Crippen molar-refractivity contribution in [2.45, 2.75) is 25.7 Å². The van der Waals surface area contributed by atoms with Crippen LogP contribution in [-0.2, 0) is 10.0 Å². The number of aromatic nitrogens is 2. The van der Waals surface area contributed by atoms with Crippen molar-refractivity contribution in [3.05, 3.63) is 11.4 Å². The summed E-state index contributed by atoms with van der Waals surface area (Å²) in [4.78, 5) is 2.30. The molecule has 0 atom stereocenters. The van der Waals surface area contributed by atoms with E-state index in [1.165, 1.54) is 0 Å². The van der Waals surface area contributed by atoms with Gasteiger partial charge in [-0.05, 0) is 27.4 Å². The van der Waals surface area contributed by atoms with Gasteiger partial charge in [0.25, 0.3) is 0 Å². The Bertz CT molecular complexity index is 447. The first-order chi connectivity index (χ1) is 7.88. The second kappa shape index (κ2) is 5.61. The van der Waals surface area contributed by atoms with Gasteiger partial charge in [0.05, 0.1) is 11.4 Å². The SMILES string of the molecule is CCN(C)CCNS(=O)(=O)c1c(C)n[nH]c1C. The second-order valence-corrected chi connectivity index (χ2v) is 5.76. The molecule has 7 heteroatoms. The van der Waals surface area contributed by atoms with Crippen LogP contribution in [0.2, 0.25) is 0 Å². The minimum absolute atomic E-state index is 0.261. The third-order valence-electron chi connectivity index (χ3n) is 2.65. The largest absolute Gasteiger partial charge is 0.305 e. The molecule has 0 bridgehead atoms. The van der Waals surface area contributed by atoms with Crippen molar-refractivity contribution in [3.8, 4) is 0 Å². The summed E-state index contributed by atoms with van der Waals surface area (Å²) in [5.74, 6) is 0. The van der Waals surface area contributed by atoms with Crippen molar-refractivity contribution < 1.29 is 8.42 Å². The molecule has 0 aromatic carbocycles. The zero-order valence-corrected chi connectivity index (χ0v) is 11.6. The van der Waals surface area contributed by atoms with Crippen LogP contribution < -0.4 is 4.72 Å². The van der Waals surface area contributed by atoms with E-state index in [1.54, 1.807) is 13.8 Å². The molecule has 0 saturated carbocycles. The summed E-state index contributed by atoms with van der Waals surface area (Å²) in [5, 5.41) is 6.56. The Kier molecular flexibility index (Phi) is 4.67. The molecule has 1 aromatic heterocycles. The first kappa shape index (κ1) is 14.1. The van der Waals surface area contributed by atoms with Crippen molar-refractivity contribution in [3.63, 3.8) is 0 Å². The van der Waals surface area contributed by atoms with Crippen molar-refractivity contribution in [1.82, 2.24) is 19.8 Å². The Hall–Kier alpha value is -0.920. The Labute approximate surface area is 102 Å². The summed E-state index contributed by atoms with van der Waals surface area (Å²) in [6.45, 7) is 7.38. The van der Waals surface area contributed by atoms with Crippen LogP contribution in [0, 0.1) is 13.8 Å². The van der Waals surface area contributed by atoms with Crippen molar-refractivity contribution in [1.29, 1.82) is 0 Å². The summed E-state index contributed by atoms with van der Waals surface area (Å²) in [5.41, 5.74) is 1.07. The van der Waals surface area contributed by atoms with Crippen molar-refractivity contribution in [2.24, 2.45) is 0 Å². The predicted molar refractivity (Wildman–Crippen MR) is 66.4 cm³/mol. The highest BCUT2D eigenvalue weighted by Crippen LogP contribution is 2.15. The van der Waals surface area contributed by atoms with E-state index in [4.69, 9.17) is 0 Å². The fraction of sp³-hybridized carbons (Fsp3) is 0.700. The van der Waals surface area contributed by atoms with Gasteiger partial charge < -0.3 is 4.90 Å². The van der Waals surface area contributed by atoms with Crippen molar-refractivity contribution in [2.75, 3.05) is 26.7 Å². The number of aryl methyl sites for hydroxylation is 2. The third-order valence-corrected chi connectivity index (χ3v) is 4.38. The number of nitrogens with one attached hydrogen (secondary N) is 2. The normalized spacial score (nSPS) is 12.3. The molecule has 0 radical (unpaired) electrons. The van der Waals surface area contributed by atoms with Gasteiger partial charge in [-0.2, -0.15) is 5.10 Å². The lowest BCUT2D eigenvalue weighted by Crippen LogP contribution is -2.33. The van der Waals surface area contributed by atoms with E-state index in [0.717, 1.165) is 6.54 Å². The van der Waals surface area contributed by atoms with Crippen LogP contribution in [-0.4, -0.2) is 50.2 Å². The van der Waals surface area contributed by atoms with E-state index in [2.05, 4.69) is 14.9 Å². The molecule has 0 amide bonds. The zero-order valence-electron chi connectivity index (χ0n) is 10.7. The molecular weight excluding hydrogens is 240 g/mol. The Morgan fingerprint density at radius 3 is 2.53 bits per heavy atom. The standard InChI is InChI=1S/C10H20N4O2S/c1-5-14(4)7-6-11-17(15,16)10-8(2)12-13-9(10)3/h11H,5-7H2,1-4H3,(H,12,13). The average molecular weight is 260 g/mol. The number of sulfonamides is 1. The minimum atomic E-state index is -3.45. The fourth-order valence-electron chi connectivity index (χ4n) is 1.54. The summed E-state index contributed by atoms with van der Waals surface area (Å²) in [6, 6.07) is 0. The van der Waals surface area contributed by atoms with Gasteiger partial charge in [-0.3, -0.25) is 5.10 Å². The van der Waals surface area contributed by atoms with Gasteiger partial charge in [0, 0.05) is 13.1 Å². The number of hydrogen-bond acceptors (Lipinski definition) is 4. The summed E-state index contributed by atoms with van der Waals surface area (Å²) < 4.78 is 26.6. The smallest absolute Gasteiger partial charge is 0.244 e. The van der Waals surface area contributed by atoms with Crippen LogP contribution >= 0.6 is 0 Å². The van der Waals surface area contributed by atoms with E-state index in [0.29, 0.717) is 24.5 Å². The zero-order chi connectivity index (χ0) is 13.1. The minimum Gasteiger partial charge on any atom is -0.305 e. The maximum Gasteiger partial charge on any atom is 0.244 e. The van der Waals surface area contributed by atoms with E-state index in [9.17, 15) is 8.42 Å². The lowest BCUT2D eigenvalue weighted by Gasteiger charge is -2.14. The molecule has 17 heavy (non-hydrogen) atoms.